The zero-order valence-electron chi connectivity index (χ0n) is 12.1. The van der Waals surface area contributed by atoms with Gasteiger partial charge in [0.1, 0.15) is 11.6 Å². The molecule has 0 spiro atoms. The van der Waals surface area contributed by atoms with Crippen molar-refractivity contribution in [3.63, 3.8) is 0 Å². The molecule has 2 N–H and O–H groups in total. The van der Waals surface area contributed by atoms with Gasteiger partial charge in [-0.3, -0.25) is 0 Å². The quantitative estimate of drug-likeness (QED) is 0.921. The van der Waals surface area contributed by atoms with Gasteiger partial charge in [-0.2, -0.15) is 0 Å². The lowest BCUT2D eigenvalue weighted by molar-refractivity contribution is 0.501. The van der Waals surface area contributed by atoms with E-state index >= 15 is 0 Å². The number of aromatic nitrogens is 2. The molecule has 0 atom stereocenters. The summed E-state index contributed by atoms with van der Waals surface area (Å²) in [6, 6.07) is 6.72. The molecule has 21 heavy (non-hydrogen) atoms. The van der Waals surface area contributed by atoms with Gasteiger partial charge < -0.3 is 10.6 Å². The van der Waals surface area contributed by atoms with Crippen molar-refractivity contribution in [2.45, 2.75) is 25.8 Å². The molecule has 5 heteroatoms. The van der Waals surface area contributed by atoms with E-state index in [0.29, 0.717) is 5.82 Å². The van der Waals surface area contributed by atoms with Crippen LogP contribution in [0, 0.1) is 12.7 Å². The highest BCUT2D eigenvalue weighted by molar-refractivity contribution is 5.74. The molecular formula is C16H19FN4. The van der Waals surface area contributed by atoms with E-state index in [9.17, 15) is 4.39 Å². The smallest absolute Gasteiger partial charge is 0.126 e. The summed E-state index contributed by atoms with van der Waals surface area (Å²) < 4.78 is 13.1. The number of rotatable bonds is 2. The van der Waals surface area contributed by atoms with Crippen LogP contribution in [0.3, 0.4) is 0 Å². The Kier molecular flexibility index (Phi) is 3.84. The van der Waals surface area contributed by atoms with Gasteiger partial charge in [-0.25, -0.2) is 14.4 Å². The Labute approximate surface area is 123 Å². The molecule has 2 heterocycles. The number of piperidine rings is 1. The molecule has 0 aliphatic carbocycles. The highest BCUT2D eigenvalue weighted by Gasteiger charge is 2.20. The Morgan fingerprint density at radius 3 is 2.52 bits per heavy atom. The van der Waals surface area contributed by atoms with Crippen LogP contribution in [0.4, 0.5) is 10.1 Å². The van der Waals surface area contributed by atoms with Gasteiger partial charge in [0.05, 0.1) is 17.6 Å². The predicted octanol–water partition coefficient (Wildman–Crippen LogP) is 2.52. The second-order valence-electron chi connectivity index (χ2n) is 5.48. The maximum absolute atomic E-state index is 13.1. The first-order chi connectivity index (χ1) is 10.1. The van der Waals surface area contributed by atoms with Crippen molar-refractivity contribution in [3.05, 3.63) is 42.1 Å². The van der Waals surface area contributed by atoms with Gasteiger partial charge >= 0.3 is 0 Å². The fourth-order valence-electron chi connectivity index (χ4n) is 2.66. The number of nitrogens with zero attached hydrogens (tertiary/aromatic N) is 3. The van der Waals surface area contributed by atoms with Gasteiger partial charge in [-0.05, 0) is 44.0 Å². The molecule has 0 unspecified atom stereocenters. The highest BCUT2D eigenvalue weighted by Crippen LogP contribution is 2.30. The van der Waals surface area contributed by atoms with E-state index in [-0.39, 0.29) is 11.9 Å². The van der Waals surface area contributed by atoms with Crippen LogP contribution in [-0.2, 0) is 0 Å². The summed E-state index contributed by atoms with van der Waals surface area (Å²) in [7, 11) is 0. The second kappa shape index (κ2) is 5.77. The van der Waals surface area contributed by atoms with Crippen LogP contribution >= 0.6 is 0 Å². The average molecular weight is 286 g/mol. The molecule has 1 aliphatic rings. The Hall–Kier alpha value is -2.01. The molecular weight excluding hydrogens is 267 g/mol. The van der Waals surface area contributed by atoms with Gasteiger partial charge in [0.15, 0.2) is 0 Å². The van der Waals surface area contributed by atoms with Crippen LogP contribution in [0.5, 0.6) is 0 Å². The molecule has 0 saturated carbocycles. The highest BCUT2D eigenvalue weighted by atomic mass is 19.1. The van der Waals surface area contributed by atoms with Gasteiger partial charge in [0.2, 0.25) is 0 Å². The first-order valence-electron chi connectivity index (χ1n) is 7.23. The van der Waals surface area contributed by atoms with Crippen LogP contribution < -0.4 is 10.6 Å². The minimum atomic E-state index is -0.241. The van der Waals surface area contributed by atoms with E-state index in [2.05, 4.69) is 14.9 Å². The average Bonchev–Trinajstić information content (AvgIpc) is 2.49. The summed E-state index contributed by atoms with van der Waals surface area (Å²) in [5.41, 5.74) is 8.73. The van der Waals surface area contributed by atoms with E-state index in [1.807, 2.05) is 13.1 Å². The first kappa shape index (κ1) is 13.9. The summed E-state index contributed by atoms with van der Waals surface area (Å²) in [4.78, 5) is 11.1. The Balaban J connectivity index is 1.99. The molecule has 1 aromatic carbocycles. The molecule has 4 nitrogen and oxygen atoms in total. The largest absolute Gasteiger partial charge is 0.368 e. The monoisotopic (exact) mass is 286 g/mol. The second-order valence-corrected chi connectivity index (χ2v) is 5.48. The first-order valence-corrected chi connectivity index (χ1v) is 7.23. The normalized spacial score (nSPS) is 16.2. The minimum Gasteiger partial charge on any atom is -0.368 e. The van der Waals surface area contributed by atoms with Gasteiger partial charge in [-0.15, -0.1) is 0 Å². The molecule has 1 fully saturated rings. The van der Waals surface area contributed by atoms with Crippen molar-refractivity contribution in [2.24, 2.45) is 5.73 Å². The van der Waals surface area contributed by atoms with E-state index < -0.39 is 0 Å². The SMILES string of the molecule is Cc1ncc(N2CCC(N)CC2)c(-c2ccc(F)cc2)n1. The molecule has 110 valence electrons. The van der Waals surface area contributed by atoms with E-state index in [1.54, 1.807) is 12.1 Å². The lowest BCUT2D eigenvalue weighted by Gasteiger charge is -2.32. The summed E-state index contributed by atoms with van der Waals surface area (Å²) in [6.07, 6.45) is 3.80. The van der Waals surface area contributed by atoms with Crippen LogP contribution in [0.2, 0.25) is 0 Å². The zero-order valence-corrected chi connectivity index (χ0v) is 12.1. The summed E-state index contributed by atoms with van der Waals surface area (Å²) in [6.45, 7) is 3.67. The Morgan fingerprint density at radius 2 is 1.86 bits per heavy atom. The summed E-state index contributed by atoms with van der Waals surface area (Å²) in [5, 5.41) is 0. The van der Waals surface area contributed by atoms with E-state index in [0.717, 1.165) is 42.9 Å². The van der Waals surface area contributed by atoms with Crippen molar-refractivity contribution in [2.75, 3.05) is 18.0 Å². The van der Waals surface area contributed by atoms with Gasteiger partial charge in [0, 0.05) is 24.7 Å². The fourth-order valence-corrected chi connectivity index (χ4v) is 2.66. The third-order valence-corrected chi connectivity index (χ3v) is 3.89. The number of nitrogens with two attached hydrogens (primary N) is 1. The third-order valence-electron chi connectivity index (χ3n) is 3.89. The summed E-state index contributed by atoms with van der Waals surface area (Å²) >= 11 is 0. The van der Waals surface area contributed by atoms with Crippen molar-refractivity contribution < 1.29 is 4.39 Å². The van der Waals surface area contributed by atoms with Gasteiger partial charge in [-0.1, -0.05) is 0 Å². The van der Waals surface area contributed by atoms with Crippen molar-refractivity contribution in [1.82, 2.24) is 9.97 Å². The number of benzene rings is 1. The van der Waals surface area contributed by atoms with Gasteiger partial charge in [0.25, 0.3) is 0 Å². The molecule has 0 radical (unpaired) electrons. The van der Waals surface area contributed by atoms with Crippen LogP contribution in [0.15, 0.2) is 30.5 Å². The number of hydrogen-bond acceptors (Lipinski definition) is 4. The fraction of sp³-hybridized carbons (Fsp3) is 0.375. The maximum Gasteiger partial charge on any atom is 0.126 e. The summed E-state index contributed by atoms with van der Waals surface area (Å²) in [5.74, 6) is 0.474. The molecule has 2 aromatic rings. The lowest BCUT2D eigenvalue weighted by Crippen LogP contribution is -2.40. The molecule has 0 amide bonds. The van der Waals surface area contributed by atoms with Crippen molar-refractivity contribution >= 4 is 5.69 Å². The molecule has 1 saturated heterocycles. The van der Waals surface area contributed by atoms with Crippen molar-refractivity contribution in [3.8, 4) is 11.3 Å². The molecule has 3 rings (SSSR count). The van der Waals surface area contributed by atoms with E-state index in [1.165, 1.54) is 12.1 Å². The Bertz CT molecular complexity index is 619. The van der Waals surface area contributed by atoms with Crippen molar-refractivity contribution in [1.29, 1.82) is 0 Å². The standard InChI is InChI=1S/C16H19FN4/c1-11-19-10-15(21-8-6-14(18)7-9-21)16(20-11)12-2-4-13(17)5-3-12/h2-5,10,14H,6-9,18H2,1H3. The molecule has 0 bridgehead atoms. The van der Waals surface area contributed by atoms with Crippen LogP contribution in [0.25, 0.3) is 11.3 Å². The Morgan fingerprint density at radius 1 is 1.19 bits per heavy atom. The molecule has 1 aromatic heterocycles. The lowest BCUT2D eigenvalue weighted by atomic mass is 10.0. The minimum absolute atomic E-state index is 0.241. The number of hydrogen-bond donors (Lipinski definition) is 1. The zero-order chi connectivity index (χ0) is 14.8. The van der Waals surface area contributed by atoms with E-state index in [4.69, 9.17) is 5.73 Å². The number of anilines is 1. The van der Waals surface area contributed by atoms with Crippen LogP contribution in [0.1, 0.15) is 18.7 Å². The number of halogens is 1. The third kappa shape index (κ3) is 3.03. The number of aryl methyl sites for hydroxylation is 1. The van der Waals surface area contributed by atoms with Crippen LogP contribution in [-0.4, -0.2) is 29.1 Å². The topological polar surface area (TPSA) is 55.0 Å². The molecule has 1 aliphatic heterocycles. The maximum atomic E-state index is 13.1. The predicted molar refractivity (Wildman–Crippen MR) is 81.6 cm³/mol.